The summed E-state index contributed by atoms with van der Waals surface area (Å²) in [7, 11) is 0. The molecule has 1 atom stereocenters. The van der Waals surface area contributed by atoms with Crippen molar-refractivity contribution in [3.05, 3.63) is 53.7 Å². The summed E-state index contributed by atoms with van der Waals surface area (Å²) in [5.41, 5.74) is 6.11. The average molecular weight is 379 g/mol. The predicted molar refractivity (Wildman–Crippen MR) is 96.6 cm³/mol. The van der Waals surface area contributed by atoms with Crippen LogP contribution in [0, 0.1) is 0 Å². The van der Waals surface area contributed by atoms with E-state index in [1.807, 2.05) is 24.3 Å². The molecule has 0 amide bonds. The largest absolute Gasteiger partial charge is 0.493 e. The third-order valence-electron chi connectivity index (χ3n) is 4.08. The van der Waals surface area contributed by atoms with E-state index in [1.54, 1.807) is 0 Å². The number of fused-ring (bicyclic) bond motifs is 1. The van der Waals surface area contributed by atoms with Crippen LogP contribution in [-0.2, 0) is 6.18 Å². The summed E-state index contributed by atoms with van der Waals surface area (Å²) in [5, 5.41) is 5.79. The minimum atomic E-state index is -4.46. The average Bonchev–Trinajstić information content (AvgIpc) is 2.65. The summed E-state index contributed by atoms with van der Waals surface area (Å²) >= 11 is 0. The second kappa shape index (κ2) is 8.15. The maximum absolute atomic E-state index is 12.9. The van der Waals surface area contributed by atoms with Crippen molar-refractivity contribution >= 4 is 11.8 Å². The molecule has 0 spiro atoms. The third-order valence-corrected chi connectivity index (χ3v) is 4.08. The maximum atomic E-state index is 12.9. The van der Waals surface area contributed by atoms with Crippen LogP contribution in [0.25, 0.3) is 0 Å². The van der Waals surface area contributed by atoms with Gasteiger partial charge in [-0.2, -0.15) is 13.2 Å². The summed E-state index contributed by atoms with van der Waals surface area (Å²) in [6.07, 6.45) is -2.41. The lowest BCUT2D eigenvalue weighted by Crippen LogP contribution is -2.37. The van der Waals surface area contributed by atoms with E-state index >= 15 is 0 Å². The quantitative estimate of drug-likeness (QED) is 0.423. The van der Waals surface area contributed by atoms with Gasteiger partial charge in [0, 0.05) is 24.7 Å². The minimum absolute atomic E-state index is 0.0146. The number of halogens is 3. The van der Waals surface area contributed by atoms with Crippen molar-refractivity contribution in [1.29, 1.82) is 0 Å². The van der Waals surface area contributed by atoms with E-state index in [9.17, 15) is 13.2 Å². The Morgan fingerprint density at radius 3 is 2.89 bits per heavy atom. The molecule has 27 heavy (non-hydrogen) atoms. The Morgan fingerprint density at radius 1 is 1.26 bits per heavy atom. The molecule has 3 rings (SSSR count). The summed E-state index contributed by atoms with van der Waals surface area (Å²) < 4.78 is 44.4. The molecule has 144 valence electrons. The van der Waals surface area contributed by atoms with Crippen LogP contribution in [0.15, 0.2) is 47.6 Å². The molecule has 2 heterocycles. The van der Waals surface area contributed by atoms with Gasteiger partial charge in [-0.25, -0.2) is 4.98 Å². The first-order valence-corrected chi connectivity index (χ1v) is 8.49. The number of rotatable bonds is 5. The number of hydrogen-bond acceptors (Lipinski definition) is 4. The van der Waals surface area contributed by atoms with Crippen LogP contribution in [0.3, 0.4) is 0 Å². The van der Waals surface area contributed by atoms with Crippen LogP contribution in [0.1, 0.15) is 23.6 Å². The van der Waals surface area contributed by atoms with Gasteiger partial charge in [0.05, 0.1) is 24.8 Å². The molecular formula is C18H20F3N5O. The molecule has 6 nitrogen and oxygen atoms in total. The lowest BCUT2D eigenvalue weighted by molar-refractivity contribution is -0.137. The van der Waals surface area contributed by atoms with E-state index in [2.05, 4.69) is 20.6 Å². The van der Waals surface area contributed by atoms with Gasteiger partial charge in [-0.1, -0.05) is 18.2 Å². The Morgan fingerprint density at radius 2 is 2.07 bits per heavy atom. The SMILES string of the molecule is NC(=NCCNc1ncccc1C(F)(F)F)NC1CCOc2ccccc21. The first-order chi connectivity index (χ1) is 12.9. The molecule has 1 aromatic carbocycles. The number of pyridine rings is 1. The second-order valence-electron chi connectivity index (χ2n) is 5.96. The normalized spacial score (nSPS) is 17.0. The van der Waals surface area contributed by atoms with E-state index in [-0.39, 0.29) is 30.9 Å². The molecular weight excluding hydrogens is 359 g/mol. The zero-order valence-electron chi connectivity index (χ0n) is 14.5. The molecule has 0 fully saturated rings. The van der Waals surface area contributed by atoms with E-state index in [0.29, 0.717) is 6.61 Å². The highest BCUT2D eigenvalue weighted by Gasteiger charge is 2.33. The fraction of sp³-hybridized carbons (Fsp3) is 0.333. The van der Waals surface area contributed by atoms with Crippen LogP contribution in [0.5, 0.6) is 5.75 Å². The van der Waals surface area contributed by atoms with Crippen molar-refractivity contribution in [2.45, 2.75) is 18.6 Å². The first kappa shape index (κ1) is 18.8. The molecule has 0 aliphatic carbocycles. The molecule has 0 saturated carbocycles. The Hall–Kier alpha value is -2.97. The fourth-order valence-electron chi connectivity index (χ4n) is 2.84. The molecule has 2 aromatic rings. The van der Waals surface area contributed by atoms with Crippen molar-refractivity contribution in [3.8, 4) is 5.75 Å². The lowest BCUT2D eigenvalue weighted by Gasteiger charge is -2.26. The standard InChI is InChI=1S/C18H20F3N5O/c19-18(20,21)13-5-3-8-23-16(13)24-9-10-25-17(22)26-14-7-11-27-15-6-2-1-4-12(14)15/h1-6,8,14H,7,9-11H2,(H,23,24)(H3,22,25,26). The molecule has 4 N–H and O–H groups in total. The Kier molecular flexibility index (Phi) is 5.68. The molecule has 1 unspecified atom stereocenters. The molecule has 0 radical (unpaired) electrons. The second-order valence-corrected chi connectivity index (χ2v) is 5.96. The highest BCUT2D eigenvalue weighted by atomic mass is 19.4. The number of aliphatic imine (C=N–C) groups is 1. The summed E-state index contributed by atoms with van der Waals surface area (Å²) in [6.45, 7) is 0.952. The minimum Gasteiger partial charge on any atom is -0.493 e. The van der Waals surface area contributed by atoms with Crippen LogP contribution >= 0.6 is 0 Å². The monoisotopic (exact) mass is 379 g/mol. The number of benzene rings is 1. The zero-order valence-corrected chi connectivity index (χ0v) is 14.5. The lowest BCUT2D eigenvalue weighted by atomic mass is 10.0. The van der Waals surface area contributed by atoms with Crippen LogP contribution in [0.2, 0.25) is 0 Å². The molecule has 1 aliphatic heterocycles. The van der Waals surface area contributed by atoms with Gasteiger partial charge in [-0.05, 0) is 18.2 Å². The molecule has 1 aromatic heterocycles. The Bertz CT molecular complexity index is 810. The number of guanidine groups is 1. The highest BCUT2D eigenvalue weighted by molar-refractivity contribution is 5.78. The number of ether oxygens (including phenoxy) is 1. The van der Waals surface area contributed by atoms with E-state index in [0.717, 1.165) is 23.8 Å². The van der Waals surface area contributed by atoms with Gasteiger partial charge in [-0.3, -0.25) is 4.99 Å². The number of alkyl halides is 3. The van der Waals surface area contributed by atoms with Crippen molar-refractivity contribution in [1.82, 2.24) is 10.3 Å². The number of anilines is 1. The van der Waals surface area contributed by atoms with Crippen molar-refractivity contribution in [2.24, 2.45) is 10.7 Å². The molecule has 0 bridgehead atoms. The number of nitrogens with two attached hydrogens (primary N) is 1. The number of nitrogens with one attached hydrogen (secondary N) is 2. The summed E-state index contributed by atoms with van der Waals surface area (Å²) in [6, 6.07) is 9.89. The fourth-order valence-corrected chi connectivity index (χ4v) is 2.84. The summed E-state index contributed by atoms with van der Waals surface area (Å²) in [4.78, 5) is 7.91. The van der Waals surface area contributed by atoms with E-state index in [4.69, 9.17) is 10.5 Å². The molecule has 1 aliphatic rings. The first-order valence-electron chi connectivity index (χ1n) is 8.49. The van der Waals surface area contributed by atoms with E-state index < -0.39 is 11.7 Å². The Balaban J connectivity index is 1.54. The Labute approximate surface area is 154 Å². The maximum Gasteiger partial charge on any atom is 0.419 e. The van der Waals surface area contributed by atoms with Gasteiger partial charge in [-0.15, -0.1) is 0 Å². The van der Waals surface area contributed by atoms with Crippen LogP contribution in [0.4, 0.5) is 19.0 Å². The summed E-state index contributed by atoms with van der Waals surface area (Å²) in [5.74, 6) is 0.825. The van der Waals surface area contributed by atoms with E-state index in [1.165, 1.54) is 12.3 Å². The van der Waals surface area contributed by atoms with Gasteiger partial charge < -0.3 is 21.1 Å². The highest BCUT2D eigenvalue weighted by Crippen LogP contribution is 2.33. The topological polar surface area (TPSA) is 84.6 Å². The number of hydrogen-bond donors (Lipinski definition) is 3. The van der Waals surface area contributed by atoms with Gasteiger partial charge >= 0.3 is 6.18 Å². The van der Waals surface area contributed by atoms with Crippen molar-refractivity contribution in [2.75, 3.05) is 25.0 Å². The van der Waals surface area contributed by atoms with Crippen molar-refractivity contribution in [3.63, 3.8) is 0 Å². The van der Waals surface area contributed by atoms with Gasteiger partial charge in [0.1, 0.15) is 11.6 Å². The van der Waals surface area contributed by atoms with Crippen LogP contribution in [-0.4, -0.2) is 30.6 Å². The van der Waals surface area contributed by atoms with Crippen molar-refractivity contribution < 1.29 is 17.9 Å². The smallest absolute Gasteiger partial charge is 0.419 e. The predicted octanol–water partition coefficient (Wildman–Crippen LogP) is 2.94. The number of para-hydroxylation sites is 1. The number of nitrogens with zero attached hydrogens (tertiary/aromatic N) is 2. The zero-order chi connectivity index (χ0) is 19.3. The third kappa shape index (κ3) is 4.81. The van der Waals surface area contributed by atoms with Crippen LogP contribution < -0.4 is 21.1 Å². The van der Waals surface area contributed by atoms with Gasteiger partial charge in [0.15, 0.2) is 5.96 Å². The van der Waals surface area contributed by atoms with Gasteiger partial charge in [0.25, 0.3) is 0 Å². The molecule has 0 saturated heterocycles. The van der Waals surface area contributed by atoms with Gasteiger partial charge in [0.2, 0.25) is 0 Å². The number of aromatic nitrogens is 1. The molecule has 9 heteroatoms.